The van der Waals surface area contributed by atoms with Gasteiger partial charge in [0.25, 0.3) is 0 Å². The Morgan fingerprint density at radius 1 is 1.42 bits per heavy atom. The summed E-state index contributed by atoms with van der Waals surface area (Å²) in [6.07, 6.45) is -1.01. The van der Waals surface area contributed by atoms with E-state index < -0.39 is 42.3 Å². The molecule has 108 valence electrons. The average molecular weight is 274 g/mol. The fraction of sp³-hybridized carbons (Fsp3) is 0.769. The van der Waals surface area contributed by atoms with E-state index in [1.807, 2.05) is 0 Å². The molecule has 6 heteroatoms. The van der Waals surface area contributed by atoms with Crippen molar-refractivity contribution in [3.05, 3.63) is 0 Å². The highest BCUT2D eigenvalue weighted by molar-refractivity contribution is 6.04. The van der Waals surface area contributed by atoms with Crippen LogP contribution in [0.15, 0.2) is 0 Å². The number of carbonyl (C=O) groups excluding carboxylic acids is 3. The highest BCUT2D eigenvalue weighted by Gasteiger charge is 2.47. The van der Waals surface area contributed by atoms with Crippen molar-refractivity contribution in [2.45, 2.75) is 39.6 Å². The van der Waals surface area contributed by atoms with Gasteiger partial charge in [-0.2, -0.15) is 0 Å². The first-order valence-electron chi connectivity index (χ1n) is 7.45. The molecule has 1 aliphatic heterocycles. The Morgan fingerprint density at radius 2 is 2.05 bits per heavy atom. The second kappa shape index (κ2) is 5.19. The van der Waals surface area contributed by atoms with Gasteiger partial charge in [0.05, 0.1) is 7.11 Å². The van der Waals surface area contributed by atoms with E-state index in [-0.39, 0.29) is 13.0 Å². The maximum absolute atomic E-state index is 12.2. The molecule has 0 N–H and O–H groups in total. The van der Waals surface area contributed by atoms with E-state index >= 15 is 0 Å². The summed E-state index contributed by atoms with van der Waals surface area (Å²) in [4.78, 5) is 37.4. The van der Waals surface area contributed by atoms with E-state index in [0.29, 0.717) is 0 Å². The molecule has 0 aromatic carbocycles. The molecule has 1 amide bonds. The molecule has 0 aliphatic carbocycles. The van der Waals surface area contributed by atoms with Gasteiger partial charge in [0.2, 0.25) is 0 Å². The number of hydrogen-bond donors (Lipinski definition) is 0. The SMILES string of the molecule is [2H]C([2H])([2H])[C@@]1(C(=O)OC)CN(C(=O)OC(C)(C)C)CCC1=O. The molecule has 1 atom stereocenters. The van der Waals surface area contributed by atoms with Gasteiger partial charge in [-0.1, -0.05) is 0 Å². The van der Waals surface area contributed by atoms with Crippen molar-refractivity contribution in [3.8, 4) is 0 Å². The molecule has 0 saturated carbocycles. The van der Waals surface area contributed by atoms with Gasteiger partial charge in [-0.05, 0) is 27.6 Å². The van der Waals surface area contributed by atoms with Crippen LogP contribution in [0.4, 0.5) is 4.79 Å². The van der Waals surface area contributed by atoms with E-state index in [9.17, 15) is 14.4 Å². The monoisotopic (exact) mass is 274 g/mol. The van der Waals surface area contributed by atoms with Gasteiger partial charge < -0.3 is 14.4 Å². The predicted octanol–water partition coefficient (Wildman–Crippen LogP) is 1.38. The topological polar surface area (TPSA) is 72.9 Å². The van der Waals surface area contributed by atoms with Crippen LogP contribution in [-0.2, 0) is 19.1 Å². The number of ketones is 1. The van der Waals surface area contributed by atoms with Crippen LogP contribution in [0.3, 0.4) is 0 Å². The van der Waals surface area contributed by atoms with Crippen LogP contribution >= 0.6 is 0 Å². The number of rotatable bonds is 1. The van der Waals surface area contributed by atoms with E-state index in [2.05, 4.69) is 4.74 Å². The number of nitrogens with zero attached hydrogens (tertiary/aromatic N) is 1. The molecule has 0 unspecified atom stereocenters. The normalized spacial score (nSPS) is 27.1. The van der Waals surface area contributed by atoms with Crippen molar-refractivity contribution >= 4 is 17.8 Å². The van der Waals surface area contributed by atoms with Gasteiger partial charge in [-0.25, -0.2) is 4.79 Å². The number of piperidine rings is 1. The Balaban J connectivity index is 3.15. The Labute approximate surface area is 117 Å². The molecule has 1 heterocycles. The van der Waals surface area contributed by atoms with E-state index in [1.165, 1.54) is 0 Å². The molecule has 1 saturated heterocycles. The number of esters is 1. The van der Waals surface area contributed by atoms with Crippen LogP contribution < -0.4 is 0 Å². The number of Topliss-reactive ketones (excluding diaryl/α,β-unsaturated/α-hetero) is 1. The zero-order chi connectivity index (χ0) is 17.3. The average Bonchev–Trinajstić information content (AvgIpc) is 2.34. The van der Waals surface area contributed by atoms with Crippen LogP contribution in [0.1, 0.15) is 38.2 Å². The fourth-order valence-electron chi connectivity index (χ4n) is 1.74. The molecular weight excluding hydrogens is 250 g/mol. The molecule has 1 rings (SSSR count). The highest BCUT2D eigenvalue weighted by atomic mass is 16.6. The van der Waals surface area contributed by atoms with E-state index in [0.717, 1.165) is 12.0 Å². The summed E-state index contributed by atoms with van der Waals surface area (Å²) in [6.45, 7) is 1.50. The zero-order valence-electron chi connectivity index (χ0n) is 14.6. The first kappa shape index (κ1) is 11.3. The smallest absolute Gasteiger partial charge is 0.410 e. The van der Waals surface area contributed by atoms with Gasteiger partial charge in [0, 0.05) is 23.6 Å². The number of amides is 1. The Morgan fingerprint density at radius 3 is 2.53 bits per heavy atom. The second-order valence-electron chi connectivity index (χ2n) is 5.47. The molecular formula is C13H21NO5. The molecule has 1 aliphatic rings. The van der Waals surface area contributed by atoms with Gasteiger partial charge in [-0.15, -0.1) is 0 Å². The molecule has 1 fully saturated rings. The summed E-state index contributed by atoms with van der Waals surface area (Å²) >= 11 is 0. The summed E-state index contributed by atoms with van der Waals surface area (Å²) < 4.78 is 32.4. The third kappa shape index (κ3) is 3.45. The number of ether oxygens (including phenoxy) is 2. The maximum atomic E-state index is 12.2. The van der Waals surface area contributed by atoms with Crippen molar-refractivity contribution in [1.29, 1.82) is 0 Å². The molecule has 0 aromatic heterocycles. The predicted molar refractivity (Wildman–Crippen MR) is 67.6 cm³/mol. The van der Waals surface area contributed by atoms with Gasteiger partial charge >= 0.3 is 12.1 Å². The molecule has 19 heavy (non-hydrogen) atoms. The van der Waals surface area contributed by atoms with Crippen molar-refractivity contribution in [2.75, 3.05) is 20.2 Å². The minimum Gasteiger partial charge on any atom is -0.468 e. The van der Waals surface area contributed by atoms with Crippen LogP contribution in [0, 0.1) is 5.41 Å². The van der Waals surface area contributed by atoms with Gasteiger partial charge in [0.15, 0.2) is 5.78 Å². The number of likely N-dealkylation sites (tertiary alicyclic amines) is 1. The first-order valence-corrected chi connectivity index (χ1v) is 5.95. The number of methoxy groups -OCH3 is 1. The summed E-state index contributed by atoms with van der Waals surface area (Å²) in [5.74, 6) is -1.91. The quantitative estimate of drug-likeness (QED) is 0.533. The van der Waals surface area contributed by atoms with Gasteiger partial charge in [0.1, 0.15) is 11.0 Å². The van der Waals surface area contributed by atoms with E-state index in [1.54, 1.807) is 20.8 Å². The summed E-state index contributed by atoms with van der Waals surface area (Å²) in [5, 5.41) is 0. The van der Waals surface area contributed by atoms with Crippen molar-refractivity contribution in [1.82, 2.24) is 4.90 Å². The lowest BCUT2D eigenvalue weighted by Crippen LogP contribution is -2.54. The number of hydrogen-bond acceptors (Lipinski definition) is 5. The largest absolute Gasteiger partial charge is 0.468 e. The fourth-order valence-corrected chi connectivity index (χ4v) is 1.74. The van der Waals surface area contributed by atoms with Crippen LogP contribution in [-0.4, -0.2) is 48.5 Å². The van der Waals surface area contributed by atoms with Crippen LogP contribution in [0.5, 0.6) is 0 Å². The van der Waals surface area contributed by atoms with Crippen LogP contribution in [0.2, 0.25) is 0 Å². The lowest BCUT2D eigenvalue weighted by Gasteiger charge is -2.37. The second-order valence-corrected chi connectivity index (χ2v) is 5.47. The lowest BCUT2D eigenvalue weighted by molar-refractivity contribution is -0.160. The molecule has 0 bridgehead atoms. The maximum Gasteiger partial charge on any atom is 0.410 e. The summed E-state index contributed by atoms with van der Waals surface area (Å²) in [6, 6.07) is 0. The molecule has 0 radical (unpaired) electrons. The molecule has 0 spiro atoms. The highest BCUT2D eigenvalue weighted by Crippen LogP contribution is 2.28. The van der Waals surface area contributed by atoms with Crippen molar-refractivity contribution < 1.29 is 28.0 Å². The standard InChI is InChI=1S/C13H21NO5/c1-12(2,3)19-11(17)14-7-6-9(15)13(4,8-14)10(16)18-5/h6-8H2,1-5H3/t13-/m1/s1/i4D3. The zero-order valence-corrected chi connectivity index (χ0v) is 11.6. The first-order chi connectivity index (χ1) is 9.85. The summed E-state index contributed by atoms with van der Waals surface area (Å²) in [5.41, 5.74) is -3.14. The summed E-state index contributed by atoms with van der Waals surface area (Å²) in [7, 11) is 1.01. The third-order valence-corrected chi connectivity index (χ3v) is 2.70. The molecule has 0 aromatic rings. The van der Waals surface area contributed by atoms with Crippen molar-refractivity contribution in [2.24, 2.45) is 5.41 Å². The number of carbonyl (C=O) groups is 3. The minimum absolute atomic E-state index is 0.00255. The van der Waals surface area contributed by atoms with E-state index in [4.69, 9.17) is 8.85 Å². The Bertz CT molecular complexity index is 473. The lowest BCUT2D eigenvalue weighted by atomic mass is 9.81. The van der Waals surface area contributed by atoms with Crippen molar-refractivity contribution in [3.63, 3.8) is 0 Å². The Hall–Kier alpha value is -1.59. The molecule has 6 nitrogen and oxygen atoms in total. The third-order valence-electron chi connectivity index (χ3n) is 2.70. The van der Waals surface area contributed by atoms with Crippen LogP contribution in [0.25, 0.3) is 0 Å². The van der Waals surface area contributed by atoms with Gasteiger partial charge in [-0.3, -0.25) is 9.59 Å². The minimum atomic E-state index is -2.92. The Kier molecular flexibility index (Phi) is 3.07.